The number of rotatable bonds is 5. The fraction of sp³-hybridized carbons (Fsp3) is 0.353. The van der Waals surface area contributed by atoms with Crippen molar-refractivity contribution < 1.29 is 9.90 Å². The summed E-state index contributed by atoms with van der Waals surface area (Å²) in [7, 11) is 0. The number of carbonyl (C=O) groups is 1. The quantitative estimate of drug-likeness (QED) is 0.860. The Hall–Kier alpha value is -2.31. The van der Waals surface area contributed by atoms with E-state index in [9.17, 15) is 9.90 Å². The largest absolute Gasteiger partial charge is 0.392 e. The van der Waals surface area contributed by atoms with Crippen molar-refractivity contribution in [2.45, 2.75) is 25.6 Å². The molecule has 1 aliphatic rings. The second-order valence-corrected chi connectivity index (χ2v) is 5.72. The van der Waals surface area contributed by atoms with Gasteiger partial charge in [0, 0.05) is 38.6 Å². The molecule has 1 aliphatic heterocycles. The predicted molar refractivity (Wildman–Crippen MR) is 85.5 cm³/mol. The van der Waals surface area contributed by atoms with Gasteiger partial charge in [0.1, 0.15) is 5.69 Å². The lowest BCUT2D eigenvalue weighted by molar-refractivity contribution is 0.0945. The van der Waals surface area contributed by atoms with Crippen LogP contribution in [0.1, 0.15) is 28.0 Å². The highest BCUT2D eigenvalue weighted by Crippen LogP contribution is 2.16. The number of aromatic nitrogens is 2. The predicted octanol–water partition coefficient (Wildman–Crippen LogP) is 0.973. The lowest BCUT2D eigenvalue weighted by Gasteiger charge is -2.18. The van der Waals surface area contributed by atoms with Crippen molar-refractivity contribution >= 4 is 5.91 Å². The maximum Gasteiger partial charge on any atom is 0.271 e. The first-order chi connectivity index (χ1) is 11.2. The number of likely N-dealkylation sites (tertiary alicyclic amines) is 1. The maximum atomic E-state index is 12.1. The molecule has 0 bridgehead atoms. The van der Waals surface area contributed by atoms with Crippen LogP contribution in [0.25, 0.3) is 0 Å². The van der Waals surface area contributed by atoms with Crippen LogP contribution in [0.3, 0.4) is 0 Å². The van der Waals surface area contributed by atoms with Gasteiger partial charge in [-0.2, -0.15) is 0 Å². The third-order valence-electron chi connectivity index (χ3n) is 4.00. The summed E-state index contributed by atoms with van der Waals surface area (Å²) in [5, 5.41) is 12.5. The molecule has 6 nitrogen and oxygen atoms in total. The maximum absolute atomic E-state index is 12.1. The molecule has 0 spiro atoms. The van der Waals surface area contributed by atoms with Crippen molar-refractivity contribution in [3.8, 4) is 0 Å². The lowest BCUT2D eigenvalue weighted by Crippen LogP contribution is -2.26. The van der Waals surface area contributed by atoms with Gasteiger partial charge in [-0.1, -0.05) is 24.3 Å². The Bertz CT molecular complexity index is 663. The first-order valence-electron chi connectivity index (χ1n) is 7.74. The SMILES string of the molecule is O=C(NCc1ccccc1CN1CC[C@@H](O)C1)c1cnccn1. The fourth-order valence-electron chi connectivity index (χ4n) is 2.76. The summed E-state index contributed by atoms with van der Waals surface area (Å²) in [5.74, 6) is -0.232. The first-order valence-corrected chi connectivity index (χ1v) is 7.74. The van der Waals surface area contributed by atoms with Crippen molar-refractivity contribution in [3.05, 3.63) is 59.7 Å². The zero-order chi connectivity index (χ0) is 16.1. The number of aliphatic hydroxyl groups is 1. The molecule has 1 aromatic heterocycles. The van der Waals surface area contributed by atoms with Crippen molar-refractivity contribution in [1.82, 2.24) is 20.2 Å². The molecule has 0 aliphatic carbocycles. The minimum absolute atomic E-state index is 0.224. The molecule has 1 amide bonds. The number of amides is 1. The molecule has 6 heteroatoms. The van der Waals surface area contributed by atoms with E-state index in [1.807, 2.05) is 18.2 Å². The molecule has 1 saturated heterocycles. The van der Waals surface area contributed by atoms with Crippen LogP contribution in [0.4, 0.5) is 0 Å². The van der Waals surface area contributed by atoms with Crippen LogP contribution in [0.15, 0.2) is 42.9 Å². The van der Waals surface area contributed by atoms with Crippen LogP contribution in [-0.2, 0) is 13.1 Å². The fourth-order valence-corrected chi connectivity index (χ4v) is 2.76. The molecule has 2 N–H and O–H groups in total. The summed E-state index contributed by atoms with van der Waals surface area (Å²) in [4.78, 5) is 22.2. The van der Waals surface area contributed by atoms with E-state index in [1.54, 1.807) is 0 Å². The average molecular weight is 312 g/mol. The van der Waals surface area contributed by atoms with Crippen LogP contribution in [-0.4, -0.2) is 45.1 Å². The zero-order valence-electron chi connectivity index (χ0n) is 12.9. The van der Waals surface area contributed by atoms with Gasteiger partial charge < -0.3 is 10.4 Å². The topological polar surface area (TPSA) is 78.4 Å². The summed E-state index contributed by atoms with van der Waals surface area (Å²) in [6, 6.07) is 8.04. The summed E-state index contributed by atoms with van der Waals surface area (Å²) < 4.78 is 0. The molecule has 2 heterocycles. The van der Waals surface area contributed by atoms with E-state index >= 15 is 0 Å². The number of aliphatic hydroxyl groups excluding tert-OH is 1. The van der Waals surface area contributed by atoms with E-state index < -0.39 is 0 Å². The first kappa shape index (κ1) is 15.6. The Kier molecular flexibility index (Phi) is 4.95. The highest BCUT2D eigenvalue weighted by Gasteiger charge is 2.20. The van der Waals surface area contributed by atoms with Gasteiger partial charge in [0.15, 0.2) is 0 Å². The molecule has 0 radical (unpaired) electrons. The summed E-state index contributed by atoms with van der Waals surface area (Å²) in [6.45, 7) is 2.85. The van der Waals surface area contributed by atoms with Crippen LogP contribution in [0.5, 0.6) is 0 Å². The van der Waals surface area contributed by atoms with Crippen molar-refractivity contribution in [3.63, 3.8) is 0 Å². The number of benzene rings is 1. The third-order valence-corrected chi connectivity index (χ3v) is 4.00. The number of β-amino-alcohol motifs (C(OH)–C–C–N with tert-alkyl or cyclic N) is 1. The average Bonchev–Trinajstić information content (AvgIpc) is 2.99. The number of nitrogens with zero attached hydrogens (tertiary/aromatic N) is 3. The zero-order valence-corrected chi connectivity index (χ0v) is 12.9. The number of hydrogen-bond acceptors (Lipinski definition) is 5. The van der Waals surface area contributed by atoms with E-state index in [-0.39, 0.29) is 12.0 Å². The Morgan fingerprint density at radius 1 is 1.30 bits per heavy atom. The van der Waals surface area contributed by atoms with Crippen molar-refractivity contribution in [2.24, 2.45) is 0 Å². The highest BCUT2D eigenvalue weighted by atomic mass is 16.3. The molecular weight excluding hydrogens is 292 g/mol. The standard InChI is InChI=1S/C17H20N4O2/c22-15-5-8-21(12-15)11-14-4-2-1-3-13(14)9-20-17(23)16-10-18-6-7-19-16/h1-4,6-7,10,15,22H,5,8-9,11-12H2,(H,20,23)/t15-/m1/s1. The normalized spacial score (nSPS) is 18.0. The monoisotopic (exact) mass is 312 g/mol. The molecule has 0 unspecified atom stereocenters. The minimum Gasteiger partial charge on any atom is -0.392 e. The van der Waals surface area contributed by atoms with Gasteiger partial charge in [-0.05, 0) is 17.5 Å². The molecule has 120 valence electrons. The van der Waals surface area contributed by atoms with Gasteiger partial charge in [-0.15, -0.1) is 0 Å². The Labute approximate surface area is 135 Å². The molecule has 0 saturated carbocycles. The van der Waals surface area contributed by atoms with E-state index in [1.165, 1.54) is 24.2 Å². The van der Waals surface area contributed by atoms with Gasteiger partial charge in [0.25, 0.3) is 5.91 Å². The lowest BCUT2D eigenvalue weighted by atomic mass is 10.1. The summed E-state index contributed by atoms with van der Waals surface area (Å²) in [5.41, 5.74) is 2.56. The molecule has 2 aromatic rings. The minimum atomic E-state index is -0.232. The molecular formula is C17H20N4O2. The molecule has 1 atom stereocenters. The second-order valence-electron chi connectivity index (χ2n) is 5.72. The molecule has 1 aromatic carbocycles. The van der Waals surface area contributed by atoms with Crippen LogP contribution in [0, 0.1) is 0 Å². The van der Waals surface area contributed by atoms with Gasteiger partial charge >= 0.3 is 0 Å². The van der Waals surface area contributed by atoms with Gasteiger partial charge in [0.05, 0.1) is 12.3 Å². The van der Waals surface area contributed by atoms with E-state index in [0.717, 1.165) is 25.1 Å². The molecule has 1 fully saturated rings. The van der Waals surface area contributed by atoms with Gasteiger partial charge in [-0.25, -0.2) is 4.98 Å². The van der Waals surface area contributed by atoms with Crippen LogP contribution < -0.4 is 5.32 Å². The third kappa shape index (κ3) is 4.12. The Morgan fingerprint density at radius 3 is 2.83 bits per heavy atom. The van der Waals surface area contributed by atoms with Crippen molar-refractivity contribution in [1.29, 1.82) is 0 Å². The van der Waals surface area contributed by atoms with Crippen LogP contribution >= 0.6 is 0 Å². The van der Waals surface area contributed by atoms with Gasteiger partial charge in [-0.3, -0.25) is 14.7 Å². The van der Waals surface area contributed by atoms with E-state index in [4.69, 9.17) is 0 Å². The van der Waals surface area contributed by atoms with Crippen molar-refractivity contribution in [2.75, 3.05) is 13.1 Å². The van der Waals surface area contributed by atoms with Crippen LogP contribution in [0.2, 0.25) is 0 Å². The molecule has 3 rings (SSSR count). The number of nitrogens with one attached hydrogen (secondary N) is 1. The Balaban J connectivity index is 1.63. The smallest absolute Gasteiger partial charge is 0.271 e. The molecule has 23 heavy (non-hydrogen) atoms. The highest BCUT2D eigenvalue weighted by molar-refractivity contribution is 5.91. The number of carbonyl (C=O) groups excluding carboxylic acids is 1. The summed E-state index contributed by atoms with van der Waals surface area (Å²) >= 11 is 0. The van der Waals surface area contributed by atoms with Gasteiger partial charge in [0.2, 0.25) is 0 Å². The summed E-state index contributed by atoms with van der Waals surface area (Å²) in [6.07, 6.45) is 5.09. The van der Waals surface area contributed by atoms with E-state index in [0.29, 0.717) is 18.8 Å². The second kappa shape index (κ2) is 7.30. The van der Waals surface area contributed by atoms with E-state index in [2.05, 4.69) is 26.3 Å². The Morgan fingerprint density at radius 2 is 2.13 bits per heavy atom. The number of hydrogen-bond donors (Lipinski definition) is 2.